The average molecular weight is 259 g/mol. The zero-order chi connectivity index (χ0) is 14.4. The van der Waals surface area contributed by atoms with Gasteiger partial charge in [-0.15, -0.1) is 0 Å². The SMILES string of the molecule is C=C(CNC=O)OC(C)CCC.CC.CC1CO1. The van der Waals surface area contributed by atoms with Crippen LogP contribution in [0.4, 0.5) is 0 Å². The Kier molecular flexibility index (Phi) is 15.1. The summed E-state index contributed by atoms with van der Waals surface area (Å²) < 4.78 is 10.1. The van der Waals surface area contributed by atoms with Crippen LogP contribution in [0.25, 0.3) is 0 Å². The molecule has 1 aliphatic rings. The molecule has 0 aliphatic carbocycles. The zero-order valence-corrected chi connectivity index (χ0v) is 12.5. The van der Waals surface area contributed by atoms with E-state index in [1.54, 1.807) is 0 Å². The fourth-order valence-corrected chi connectivity index (χ4v) is 1.04. The van der Waals surface area contributed by atoms with Crippen molar-refractivity contribution in [3.05, 3.63) is 12.3 Å². The van der Waals surface area contributed by atoms with Crippen LogP contribution in [-0.2, 0) is 14.3 Å². The third-order valence-corrected chi connectivity index (χ3v) is 1.95. The summed E-state index contributed by atoms with van der Waals surface area (Å²) >= 11 is 0. The molecule has 1 heterocycles. The number of carbonyl (C=O) groups excluding carboxylic acids is 1. The molecule has 0 bridgehead atoms. The van der Waals surface area contributed by atoms with E-state index in [4.69, 9.17) is 9.47 Å². The Morgan fingerprint density at radius 1 is 1.61 bits per heavy atom. The Morgan fingerprint density at radius 2 is 2.11 bits per heavy atom. The highest BCUT2D eigenvalue weighted by Gasteiger charge is 2.13. The quantitative estimate of drug-likeness (QED) is 0.434. The van der Waals surface area contributed by atoms with E-state index in [1.165, 1.54) is 0 Å². The van der Waals surface area contributed by atoms with Gasteiger partial charge in [-0.3, -0.25) is 4.79 Å². The molecule has 0 aromatic heterocycles. The lowest BCUT2D eigenvalue weighted by molar-refractivity contribution is -0.109. The van der Waals surface area contributed by atoms with E-state index in [9.17, 15) is 4.79 Å². The molecule has 0 aromatic carbocycles. The van der Waals surface area contributed by atoms with Crippen molar-refractivity contribution in [1.82, 2.24) is 5.32 Å². The Labute approximate surface area is 112 Å². The highest BCUT2D eigenvalue weighted by atomic mass is 16.6. The van der Waals surface area contributed by atoms with Gasteiger partial charge in [-0.2, -0.15) is 0 Å². The molecule has 0 spiro atoms. The minimum Gasteiger partial charge on any atom is -0.494 e. The van der Waals surface area contributed by atoms with Crippen LogP contribution < -0.4 is 5.32 Å². The summed E-state index contributed by atoms with van der Waals surface area (Å²) in [7, 11) is 0. The van der Waals surface area contributed by atoms with Crippen molar-refractivity contribution in [3.63, 3.8) is 0 Å². The Balaban J connectivity index is 0. The number of ether oxygens (including phenoxy) is 2. The summed E-state index contributed by atoms with van der Waals surface area (Å²) in [5.41, 5.74) is 0. The van der Waals surface area contributed by atoms with Crippen molar-refractivity contribution >= 4 is 6.41 Å². The lowest BCUT2D eigenvalue weighted by Gasteiger charge is -2.15. The van der Waals surface area contributed by atoms with Gasteiger partial charge >= 0.3 is 0 Å². The lowest BCUT2D eigenvalue weighted by Crippen LogP contribution is -2.18. The number of nitrogens with one attached hydrogen (secondary N) is 1. The van der Waals surface area contributed by atoms with E-state index in [2.05, 4.69) is 25.7 Å². The maximum Gasteiger partial charge on any atom is 0.207 e. The number of carbonyl (C=O) groups is 1. The first-order valence-corrected chi connectivity index (χ1v) is 6.73. The predicted molar refractivity (Wildman–Crippen MR) is 75.4 cm³/mol. The second kappa shape index (κ2) is 14.0. The Hall–Kier alpha value is -1.03. The first-order valence-electron chi connectivity index (χ1n) is 6.73. The molecule has 2 atom stereocenters. The predicted octanol–water partition coefficient (Wildman–Crippen LogP) is 2.88. The lowest BCUT2D eigenvalue weighted by atomic mass is 10.2. The minimum absolute atomic E-state index is 0.191. The Morgan fingerprint density at radius 3 is 2.44 bits per heavy atom. The van der Waals surface area contributed by atoms with Crippen LogP contribution >= 0.6 is 0 Å². The van der Waals surface area contributed by atoms with Gasteiger partial charge in [-0.25, -0.2) is 0 Å². The van der Waals surface area contributed by atoms with Gasteiger partial charge in [0.15, 0.2) is 0 Å². The molecule has 1 aliphatic heterocycles. The molecule has 1 amide bonds. The van der Waals surface area contributed by atoms with Gasteiger partial charge in [0.2, 0.25) is 6.41 Å². The molecule has 1 saturated heterocycles. The van der Waals surface area contributed by atoms with Crippen molar-refractivity contribution in [1.29, 1.82) is 0 Å². The molecule has 1 N–H and O–H groups in total. The first kappa shape index (κ1) is 19.3. The molecule has 2 unspecified atom stereocenters. The maximum atomic E-state index is 9.91. The monoisotopic (exact) mass is 259 g/mol. The standard InChI is InChI=1S/C9H17NO2.C3H6O.C2H6/c1-4-5-8(2)12-9(3)6-10-7-11;1-3-2-4-3;1-2/h7-8H,3-6H2,1-2H3,(H,10,11);3H,2H2,1H3;1-2H3. The van der Waals surface area contributed by atoms with Gasteiger partial charge in [0.05, 0.1) is 25.4 Å². The van der Waals surface area contributed by atoms with E-state index in [1.807, 2.05) is 20.8 Å². The van der Waals surface area contributed by atoms with E-state index in [-0.39, 0.29) is 6.10 Å². The third kappa shape index (κ3) is 17.4. The number of rotatable bonds is 7. The summed E-state index contributed by atoms with van der Waals surface area (Å²) in [6, 6.07) is 0. The van der Waals surface area contributed by atoms with Crippen molar-refractivity contribution < 1.29 is 14.3 Å². The van der Waals surface area contributed by atoms with Crippen LogP contribution in [0.1, 0.15) is 47.5 Å². The zero-order valence-electron chi connectivity index (χ0n) is 12.5. The average Bonchev–Trinajstić information content (AvgIpc) is 3.13. The molecule has 4 heteroatoms. The fourth-order valence-electron chi connectivity index (χ4n) is 1.04. The molecular weight excluding hydrogens is 230 g/mol. The van der Waals surface area contributed by atoms with Crippen LogP contribution in [-0.4, -0.2) is 31.8 Å². The molecular formula is C14H29NO3. The van der Waals surface area contributed by atoms with E-state index >= 15 is 0 Å². The molecule has 0 saturated carbocycles. The number of epoxide rings is 1. The van der Waals surface area contributed by atoms with Crippen molar-refractivity contribution in [2.24, 2.45) is 0 Å². The summed E-state index contributed by atoms with van der Waals surface area (Å²) in [6.07, 6.45) is 3.52. The van der Waals surface area contributed by atoms with Crippen LogP contribution in [0.3, 0.4) is 0 Å². The number of amides is 1. The van der Waals surface area contributed by atoms with Crippen LogP contribution in [0.5, 0.6) is 0 Å². The minimum atomic E-state index is 0.191. The topological polar surface area (TPSA) is 50.9 Å². The van der Waals surface area contributed by atoms with Gasteiger partial charge in [0, 0.05) is 0 Å². The molecule has 1 fully saturated rings. The largest absolute Gasteiger partial charge is 0.494 e. The van der Waals surface area contributed by atoms with Crippen molar-refractivity contribution in [3.8, 4) is 0 Å². The van der Waals surface area contributed by atoms with Crippen LogP contribution in [0.2, 0.25) is 0 Å². The van der Waals surface area contributed by atoms with Crippen molar-refractivity contribution in [2.45, 2.75) is 59.7 Å². The molecule has 1 rings (SSSR count). The van der Waals surface area contributed by atoms with E-state index in [0.29, 0.717) is 24.8 Å². The summed E-state index contributed by atoms with van der Waals surface area (Å²) in [5, 5.41) is 2.49. The number of hydrogen-bond donors (Lipinski definition) is 1. The van der Waals surface area contributed by atoms with Crippen molar-refractivity contribution in [2.75, 3.05) is 13.2 Å². The molecule has 0 radical (unpaired) electrons. The highest BCUT2D eigenvalue weighted by Crippen LogP contribution is 2.05. The highest BCUT2D eigenvalue weighted by molar-refractivity contribution is 5.46. The molecule has 18 heavy (non-hydrogen) atoms. The van der Waals surface area contributed by atoms with E-state index in [0.717, 1.165) is 19.4 Å². The van der Waals surface area contributed by atoms with Crippen LogP contribution in [0.15, 0.2) is 12.3 Å². The maximum absolute atomic E-state index is 9.91. The fraction of sp³-hybridized carbons (Fsp3) is 0.786. The third-order valence-electron chi connectivity index (χ3n) is 1.95. The summed E-state index contributed by atoms with van der Waals surface area (Å²) in [6.45, 7) is 15.2. The number of hydrogen-bond acceptors (Lipinski definition) is 3. The van der Waals surface area contributed by atoms with Crippen LogP contribution in [0, 0.1) is 0 Å². The van der Waals surface area contributed by atoms with Gasteiger partial charge in [-0.05, 0) is 20.3 Å². The van der Waals surface area contributed by atoms with Gasteiger partial charge in [0.25, 0.3) is 0 Å². The molecule has 108 valence electrons. The Bertz CT molecular complexity index is 203. The second-order valence-corrected chi connectivity index (χ2v) is 3.90. The summed E-state index contributed by atoms with van der Waals surface area (Å²) in [4.78, 5) is 9.91. The summed E-state index contributed by atoms with van der Waals surface area (Å²) in [5.74, 6) is 0.614. The molecule has 0 aromatic rings. The van der Waals surface area contributed by atoms with Gasteiger partial charge in [-0.1, -0.05) is 33.8 Å². The van der Waals surface area contributed by atoms with Gasteiger partial charge in [0.1, 0.15) is 5.76 Å². The normalized spacial score (nSPS) is 17.1. The van der Waals surface area contributed by atoms with Gasteiger partial charge < -0.3 is 14.8 Å². The smallest absolute Gasteiger partial charge is 0.207 e. The second-order valence-electron chi connectivity index (χ2n) is 3.90. The first-order chi connectivity index (χ1) is 8.60. The molecule has 4 nitrogen and oxygen atoms in total. The van der Waals surface area contributed by atoms with E-state index < -0.39 is 0 Å².